The second-order valence-electron chi connectivity index (χ2n) is 4.16. The summed E-state index contributed by atoms with van der Waals surface area (Å²) in [4.78, 5) is 10.8. The van der Waals surface area contributed by atoms with Gasteiger partial charge in [0.05, 0.1) is 6.61 Å². The largest absolute Gasteiger partial charge is 0.461 e. The third-order valence-electron chi connectivity index (χ3n) is 2.54. The van der Waals surface area contributed by atoms with Crippen LogP contribution in [0.3, 0.4) is 0 Å². The van der Waals surface area contributed by atoms with Crippen LogP contribution in [-0.4, -0.2) is 30.6 Å². The summed E-state index contributed by atoms with van der Waals surface area (Å²) in [5.74, 6) is -15.5. The van der Waals surface area contributed by atoms with Gasteiger partial charge in [-0.2, -0.15) is 30.7 Å². The quantitative estimate of drug-likeness (QED) is 0.585. The van der Waals surface area contributed by atoms with Crippen molar-refractivity contribution in [3.8, 4) is 0 Å². The molecule has 0 aromatic heterocycles. The van der Waals surface area contributed by atoms with E-state index in [2.05, 4.69) is 4.74 Å². The van der Waals surface area contributed by atoms with E-state index in [1.807, 2.05) is 0 Å². The van der Waals surface area contributed by atoms with E-state index in [0.29, 0.717) is 10.6 Å². The summed E-state index contributed by atoms with van der Waals surface area (Å²) < 4.78 is 90.4. The molecule has 0 unspecified atom stereocenters. The summed E-state index contributed by atoms with van der Waals surface area (Å²) in [5, 5.41) is 0.372. The normalized spacial score (nSPS) is 13.1. The number of ether oxygens (including phenoxy) is 1. The Kier molecular flexibility index (Phi) is 5.32. The molecular weight excluding hydrogens is 345 g/mol. The number of carbonyl (C=O) groups excluding carboxylic acids is 1. The average molecular weight is 353 g/mol. The van der Waals surface area contributed by atoms with Crippen molar-refractivity contribution in [1.82, 2.24) is 0 Å². The lowest BCUT2D eigenvalue weighted by atomic mass is 10.1. The molecule has 0 radical (unpaired) electrons. The van der Waals surface area contributed by atoms with Crippen LogP contribution in [0.5, 0.6) is 0 Å². The molecule has 1 rings (SSSR count). The van der Waals surface area contributed by atoms with Gasteiger partial charge < -0.3 is 4.74 Å². The van der Waals surface area contributed by atoms with Gasteiger partial charge in [-0.15, -0.1) is 0 Å². The van der Waals surface area contributed by atoms with Gasteiger partial charge in [0, 0.05) is 11.4 Å². The van der Waals surface area contributed by atoms with Gasteiger partial charge in [-0.05, 0) is 17.7 Å². The van der Waals surface area contributed by atoms with Crippen LogP contribution in [0.25, 0.3) is 0 Å². The maximum Gasteiger partial charge on any atom is 0.460 e. The molecule has 0 saturated carbocycles. The lowest BCUT2D eigenvalue weighted by molar-refractivity contribution is -0.348. The molecule has 0 saturated heterocycles. The Morgan fingerprint density at radius 3 is 1.95 bits per heavy atom. The molecule has 2 nitrogen and oxygen atoms in total. The number of rotatable bonds is 5. The Balaban J connectivity index is 2.66. The highest BCUT2D eigenvalue weighted by Crippen LogP contribution is 2.46. The first-order valence-electron chi connectivity index (χ1n) is 5.63. The molecule has 0 aliphatic rings. The first-order chi connectivity index (χ1) is 9.89. The molecule has 1 aromatic rings. The van der Waals surface area contributed by atoms with Crippen molar-refractivity contribution in [3.63, 3.8) is 0 Å². The van der Waals surface area contributed by atoms with E-state index in [0.717, 1.165) is 0 Å². The summed E-state index contributed by atoms with van der Waals surface area (Å²) in [5.41, 5.74) is 0.461. The summed E-state index contributed by atoms with van der Waals surface area (Å²) in [7, 11) is 0. The monoisotopic (exact) mass is 352 g/mol. The van der Waals surface area contributed by atoms with E-state index < -0.39 is 30.6 Å². The fourth-order valence-corrected chi connectivity index (χ4v) is 1.44. The molecule has 0 fully saturated rings. The molecule has 22 heavy (non-hydrogen) atoms. The predicted octanol–water partition coefficient (Wildman–Crippen LogP) is 4.26. The molecule has 0 heterocycles. The minimum atomic E-state index is -6.58. The summed E-state index contributed by atoms with van der Waals surface area (Å²) >= 11 is 5.57. The minimum Gasteiger partial charge on any atom is -0.461 e. The topological polar surface area (TPSA) is 26.3 Å². The van der Waals surface area contributed by atoms with Crippen LogP contribution >= 0.6 is 11.6 Å². The van der Waals surface area contributed by atoms with Crippen LogP contribution in [-0.2, 0) is 16.0 Å². The summed E-state index contributed by atoms with van der Waals surface area (Å²) in [6.07, 6.45) is -6.73. The van der Waals surface area contributed by atoms with Crippen LogP contribution in [0.1, 0.15) is 5.56 Å². The first kappa shape index (κ1) is 18.5. The second kappa shape index (κ2) is 6.31. The average Bonchev–Trinajstić information content (AvgIpc) is 2.39. The van der Waals surface area contributed by atoms with Gasteiger partial charge in [0.1, 0.15) is 0 Å². The maximum atomic E-state index is 12.9. The van der Waals surface area contributed by atoms with Gasteiger partial charge in [0.15, 0.2) is 0 Å². The fourth-order valence-electron chi connectivity index (χ4n) is 1.31. The standard InChI is InChI=1S/C12H8ClF7O2/c13-8-3-1-7(2-4-8)5-6-22-9(21)10(14,15)11(16,17)12(18,19)20/h1-4H,5-6H2. The van der Waals surface area contributed by atoms with Gasteiger partial charge in [0.25, 0.3) is 0 Å². The molecule has 0 aliphatic heterocycles. The van der Waals surface area contributed by atoms with Crippen molar-refractivity contribution < 1.29 is 40.3 Å². The number of halogens is 8. The first-order valence-corrected chi connectivity index (χ1v) is 6.01. The van der Waals surface area contributed by atoms with Crippen LogP contribution in [0.2, 0.25) is 5.02 Å². The highest BCUT2D eigenvalue weighted by molar-refractivity contribution is 6.30. The van der Waals surface area contributed by atoms with Crippen molar-refractivity contribution >= 4 is 17.6 Å². The lowest BCUT2D eigenvalue weighted by Crippen LogP contribution is -2.56. The van der Waals surface area contributed by atoms with Crippen LogP contribution in [0, 0.1) is 0 Å². The van der Waals surface area contributed by atoms with E-state index in [-0.39, 0.29) is 6.42 Å². The Morgan fingerprint density at radius 1 is 1.00 bits per heavy atom. The highest BCUT2D eigenvalue weighted by atomic mass is 35.5. The van der Waals surface area contributed by atoms with Crippen molar-refractivity contribution in [2.24, 2.45) is 0 Å². The zero-order chi connectivity index (χ0) is 17.2. The van der Waals surface area contributed by atoms with Crippen LogP contribution in [0.15, 0.2) is 24.3 Å². The van der Waals surface area contributed by atoms with E-state index in [4.69, 9.17) is 11.6 Å². The summed E-state index contributed by atoms with van der Waals surface area (Å²) in [6, 6.07) is 5.76. The molecule has 0 aliphatic carbocycles. The lowest BCUT2D eigenvalue weighted by Gasteiger charge is -2.26. The number of hydrogen-bond acceptors (Lipinski definition) is 2. The van der Waals surface area contributed by atoms with Crippen LogP contribution < -0.4 is 0 Å². The number of esters is 1. The molecule has 0 atom stereocenters. The molecule has 1 aromatic carbocycles. The fraction of sp³-hybridized carbons (Fsp3) is 0.417. The Bertz CT molecular complexity index is 525. The SMILES string of the molecule is O=C(OCCc1ccc(Cl)cc1)C(F)(F)C(F)(F)C(F)(F)F. The van der Waals surface area contributed by atoms with Crippen molar-refractivity contribution in [1.29, 1.82) is 0 Å². The Morgan fingerprint density at radius 2 is 1.50 bits per heavy atom. The Hall–Kier alpha value is -1.51. The van der Waals surface area contributed by atoms with Gasteiger partial charge in [-0.1, -0.05) is 23.7 Å². The third-order valence-corrected chi connectivity index (χ3v) is 2.80. The molecular formula is C12H8ClF7O2. The maximum absolute atomic E-state index is 12.9. The van der Waals surface area contributed by atoms with E-state index >= 15 is 0 Å². The van der Waals surface area contributed by atoms with Crippen molar-refractivity contribution in [2.75, 3.05) is 6.61 Å². The second-order valence-corrected chi connectivity index (χ2v) is 4.60. The molecule has 0 bridgehead atoms. The summed E-state index contributed by atoms with van der Waals surface area (Å²) in [6.45, 7) is -0.788. The highest BCUT2D eigenvalue weighted by Gasteiger charge is 2.77. The minimum absolute atomic E-state index is 0.156. The predicted molar refractivity (Wildman–Crippen MR) is 62.1 cm³/mol. The molecule has 10 heteroatoms. The number of hydrogen-bond donors (Lipinski definition) is 0. The van der Waals surface area contributed by atoms with Gasteiger partial charge in [0.2, 0.25) is 0 Å². The zero-order valence-electron chi connectivity index (χ0n) is 10.6. The van der Waals surface area contributed by atoms with Crippen molar-refractivity contribution in [3.05, 3.63) is 34.9 Å². The van der Waals surface area contributed by atoms with E-state index in [1.54, 1.807) is 0 Å². The molecule has 0 amide bonds. The smallest absolute Gasteiger partial charge is 0.460 e. The molecule has 0 spiro atoms. The van der Waals surface area contributed by atoms with E-state index in [9.17, 15) is 35.5 Å². The zero-order valence-corrected chi connectivity index (χ0v) is 11.3. The van der Waals surface area contributed by atoms with E-state index in [1.165, 1.54) is 24.3 Å². The third kappa shape index (κ3) is 3.82. The number of benzene rings is 1. The number of carbonyl (C=O) groups is 1. The van der Waals surface area contributed by atoms with Gasteiger partial charge >= 0.3 is 24.0 Å². The van der Waals surface area contributed by atoms with Gasteiger partial charge in [-0.3, -0.25) is 0 Å². The number of alkyl halides is 7. The Labute approximate surface area is 124 Å². The molecule has 124 valence electrons. The van der Waals surface area contributed by atoms with Crippen molar-refractivity contribution in [2.45, 2.75) is 24.4 Å². The van der Waals surface area contributed by atoms with Crippen LogP contribution in [0.4, 0.5) is 30.7 Å². The van der Waals surface area contributed by atoms with Gasteiger partial charge in [-0.25, -0.2) is 4.79 Å². The molecule has 0 N–H and O–H groups in total.